The van der Waals surface area contributed by atoms with Gasteiger partial charge in [0, 0.05) is 17.3 Å². The van der Waals surface area contributed by atoms with Crippen LogP contribution in [-0.2, 0) is 4.79 Å². The Hall–Kier alpha value is -2.12. The van der Waals surface area contributed by atoms with E-state index < -0.39 is 23.9 Å². The largest absolute Gasteiger partial charge is 0.508 e. The Bertz CT molecular complexity index is 460. The van der Waals surface area contributed by atoms with E-state index in [0.717, 1.165) is 6.07 Å². The summed E-state index contributed by atoms with van der Waals surface area (Å²) in [6.07, 6.45) is -1.89. The van der Waals surface area contributed by atoms with Crippen LogP contribution in [0.2, 0.25) is 0 Å². The van der Waals surface area contributed by atoms with Crippen LogP contribution in [0.3, 0.4) is 0 Å². The minimum absolute atomic E-state index is 0.0633. The summed E-state index contributed by atoms with van der Waals surface area (Å²) < 4.78 is 0. The second kappa shape index (κ2) is 4.81. The maximum Gasteiger partial charge on any atom is 0.323 e. The van der Waals surface area contributed by atoms with Gasteiger partial charge < -0.3 is 26.8 Å². The van der Waals surface area contributed by atoms with Gasteiger partial charge in [-0.25, -0.2) is 0 Å². The van der Waals surface area contributed by atoms with Gasteiger partial charge in [0.2, 0.25) is 0 Å². The van der Waals surface area contributed by atoms with E-state index in [9.17, 15) is 14.7 Å². The van der Waals surface area contributed by atoms with Crippen LogP contribution in [0.5, 0.6) is 5.75 Å². The number of carboxylic acids is 1. The molecule has 1 aromatic carbocycles. The maximum absolute atomic E-state index is 11.7. The number of Topliss-reactive ketones (excluding diaryl/α,β-unsaturated/α-hetero) is 1. The van der Waals surface area contributed by atoms with Crippen LogP contribution in [0.1, 0.15) is 10.4 Å². The van der Waals surface area contributed by atoms with Gasteiger partial charge in [0.1, 0.15) is 17.9 Å². The Morgan fingerprint density at radius 2 is 1.88 bits per heavy atom. The topological polar surface area (TPSA) is 147 Å². The third-order valence-electron chi connectivity index (χ3n) is 2.19. The molecule has 0 bridgehead atoms. The highest BCUT2D eigenvalue weighted by atomic mass is 16.4. The fourth-order valence-corrected chi connectivity index (χ4v) is 1.23. The molecule has 1 rings (SSSR count). The summed E-state index contributed by atoms with van der Waals surface area (Å²) in [4.78, 5) is 22.2. The molecular formula is C10H12N2O5. The number of hydrogen-bond acceptors (Lipinski definition) is 6. The molecule has 0 aliphatic heterocycles. The van der Waals surface area contributed by atoms with Gasteiger partial charge in [-0.2, -0.15) is 0 Å². The molecule has 0 spiro atoms. The first-order chi connectivity index (χ1) is 7.84. The fourth-order valence-electron chi connectivity index (χ4n) is 1.23. The molecule has 0 heterocycles. The van der Waals surface area contributed by atoms with Crippen molar-refractivity contribution in [2.75, 3.05) is 5.73 Å². The lowest BCUT2D eigenvalue weighted by atomic mass is 9.99. The summed E-state index contributed by atoms with van der Waals surface area (Å²) in [6.45, 7) is 0. The molecule has 0 amide bonds. The molecule has 2 atom stereocenters. The number of hydrogen-bond donors (Lipinski definition) is 5. The molecule has 7 heteroatoms. The Morgan fingerprint density at radius 1 is 1.29 bits per heavy atom. The van der Waals surface area contributed by atoms with E-state index in [1.807, 2.05) is 0 Å². The standard InChI is InChI=1S/C10H12N2O5/c11-6-3-4(13)1-2-5(6)8(14)9(15)7(12)10(16)17/h1-3,7,9,13,15H,11-12H2,(H,16,17). The third-order valence-corrected chi connectivity index (χ3v) is 2.19. The highest BCUT2D eigenvalue weighted by Gasteiger charge is 2.30. The number of nitrogens with two attached hydrogens (primary N) is 2. The Morgan fingerprint density at radius 3 is 2.35 bits per heavy atom. The van der Waals surface area contributed by atoms with Crippen molar-refractivity contribution in [3.63, 3.8) is 0 Å². The first-order valence-electron chi connectivity index (χ1n) is 4.63. The predicted octanol–water partition coefficient (Wildman–Crippen LogP) is -1.07. The van der Waals surface area contributed by atoms with Crippen LogP contribution in [0, 0.1) is 0 Å². The second-order valence-electron chi connectivity index (χ2n) is 3.44. The number of carbonyl (C=O) groups excluding carboxylic acids is 1. The fraction of sp³-hybridized carbons (Fsp3) is 0.200. The number of carboxylic acid groups (broad SMARTS) is 1. The number of anilines is 1. The Labute approximate surface area is 96.3 Å². The van der Waals surface area contributed by atoms with Crippen molar-refractivity contribution in [2.24, 2.45) is 5.73 Å². The van der Waals surface area contributed by atoms with Crippen molar-refractivity contribution in [3.05, 3.63) is 23.8 Å². The van der Waals surface area contributed by atoms with E-state index in [2.05, 4.69) is 0 Å². The van der Waals surface area contributed by atoms with E-state index in [0.29, 0.717) is 0 Å². The monoisotopic (exact) mass is 240 g/mol. The molecule has 0 radical (unpaired) electrons. The van der Waals surface area contributed by atoms with Gasteiger partial charge in [0.15, 0.2) is 5.78 Å². The van der Waals surface area contributed by atoms with Gasteiger partial charge in [-0.1, -0.05) is 0 Å². The van der Waals surface area contributed by atoms with Gasteiger partial charge >= 0.3 is 5.97 Å². The smallest absolute Gasteiger partial charge is 0.323 e. The number of aliphatic hydroxyl groups is 1. The number of phenols is 1. The van der Waals surface area contributed by atoms with Crippen molar-refractivity contribution in [1.29, 1.82) is 0 Å². The van der Waals surface area contributed by atoms with Gasteiger partial charge in [0.05, 0.1) is 0 Å². The SMILES string of the molecule is Nc1cc(O)ccc1C(=O)C(O)C(N)C(=O)O. The van der Waals surface area contributed by atoms with Crippen molar-refractivity contribution < 1.29 is 24.9 Å². The first-order valence-corrected chi connectivity index (χ1v) is 4.63. The number of ketones is 1. The van der Waals surface area contributed by atoms with Crippen molar-refractivity contribution in [1.82, 2.24) is 0 Å². The normalized spacial score (nSPS) is 14.0. The van der Waals surface area contributed by atoms with Crippen LogP contribution in [0.4, 0.5) is 5.69 Å². The number of benzene rings is 1. The Balaban J connectivity index is 3.00. The summed E-state index contributed by atoms with van der Waals surface area (Å²) in [7, 11) is 0. The van der Waals surface area contributed by atoms with Crippen LogP contribution >= 0.6 is 0 Å². The summed E-state index contributed by atoms with van der Waals surface area (Å²) in [5, 5.41) is 27.1. The lowest BCUT2D eigenvalue weighted by molar-refractivity contribution is -0.140. The zero-order valence-corrected chi connectivity index (χ0v) is 8.70. The number of aliphatic carboxylic acids is 1. The highest BCUT2D eigenvalue weighted by molar-refractivity contribution is 6.05. The molecule has 0 saturated carbocycles. The molecule has 7 nitrogen and oxygen atoms in total. The molecule has 0 aliphatic rings. The number of aliphatic hydroxyl groups excluding tert-OH is 1. The molecule has 0 saturated heterocycles. The maximum atomic E-state index is 11.7. The molecule has 1 aromatic rings. The van der Waals surface area contributed by atoms with E-state index in [4.69, 9.17) is 21.7 Å². The predicted molar refractivity (Wildman–Crippen MR) is 58.5 cm³/mol. The van der Waals surface area contributed by atoms with Crippen molar-refractivity contribution >= 4 is 17.4 Å². The molecule has 0 aromatic heterocycles. The van der Waals surface area contributed by atoms with Crippen LogP contribution in [0.25, 0.3) is 0 Å². The van der Waals surface area contributed by atoms with Gasteiger partial charge in [-0.05, 0) is 12.1 Å². The first kappa shape index (κ1) is 12.9. The lowest BCUT2D eigenvalue weighted by Crippen LogP contribution is -2.46. The molecule has 92 valence electrons. The number of rotatable bonds is 4. The molecule has 2 unspecified atom stereocenters. The van der Waals surface area contributed by atoms with E-state index in [1.54, 1.807) is 0 Å². The number of carbonyl (C=O) groups is 2. The number of aromatic hydroxyl groups is 1. The summed E-state index contributed by atoms with van der Waals surface area (Å²) >= 11 is 0. The molecule has 7 N–H and O–H groups in total. The number of nitrogen functional groups attached to an aromatic ring is 1. The average Bonchev–Trinajstić information content (AvgIpc) is 2.26. The van der Waals surface area contributed by atoms with Gasteiger partial charge in [0.25, 0.3) is 0 Å². The third kappa shape index (κ3) is 2.71. The minimum atomic E-state index is -1.89. The summed E-state index contributed by atoms with van der Waals surface area (Å²) in [5.41, 5.74) is 10.4. The highest BCUT2D eigenvalue weighted by Crippen LogP contribution is 2.20. The molecule has 17 heavy (non-hydrogen) atoms. The quantitative estimate of drug-likeness (QED) is 0.332. The zero-order chi connectivity index (χ0) is 13.2. The van der Waals surface area contributed by atoms with Gasteiger partial charge in [-0.15, -0.1) is 0 Å². The molecule has 0 aliphatic carbocycles. The molecule has 0 fully saturated rings. The van der Waals surface area contributed by atoms with Crippen LogP contribution in [-0.4, -0.2) is 39.2 Å². The van der Waals surface area contributed by atoms with Crippen LogP contribution in [0.15, 0.2) is 18.2 Å². The van der Waals surface area contributed by atoms with Crippen molar-refractivity contribution in [2.45, 2.75) is 12.1 Å². The van der Waals surface area contributed by atoms with E-state index >= 15 is 0 Å². The zero-order valence-electron chi connectivity index (χ0n) is 8.70. The average molecular weight is 240 g/mol. The minimum Gasteiger partial charge on any atom is -0.508 e. The van der Waals surface area contributed by atoms with Crippen molar-refractivity contribution in [3.8, 4) is 5.75 Å². The van der Waals surface area contributed by atoms with E-state index in [-0.39, 0.29) is 17.0 Å². The van der Waals surface area contributed by atoms with E-state index in [1.165, 1.54) is 12.1 Å². The Kier molecular flexibility index (Phi) is 3.66. The summed E-state index contributed by atoms with van der Waals surface area (Å²) in [6, 6.07) is 1.77. The lowest BCUT2D eigenvalue weighted by Gasteiger charge is -2.14. The summed E-state index contributed by atoms with van der Waals surface area (Å²) in [5.74, 6) is -2.54. The van der Waals surface area contributed by atoms with Gasteiger partial charge in [-0.3, -0.25) is 9.59 Å². The van der Waals surface area contributed by atoms with Crippen LogP contribution < -0.4 is 11.5 Å². The molecular weight excluding hydrogens is 228 g/mol. The number of phenolic OH excluding ortho intramolecular Hbond substituents is 1. The second-order valence-corrected chi connectivity index (χ2v) is 3.44.